The summed E-state index contributed by atoms with van der Waals surface area (Å²) in [5, 5.41) is 3.75. The molecule has 4 unspecified atom stereocenters. The van der Waals surface area contributed by atoms with Gasteiger partial charge >= 0.3 is 0 Å². The second-order valence-corrected chi connectivity index (χ2v) is 8.80. The van der Waals surface area contributed by atoms with Crippen LogP contribution in [0.4, 0.5) is 0 Å². The molecule has 0 aromatic rings. The molecule has 2 fully saturated rings. The van der Waals surface area contributed by atoms with Gasteiger partial charge < -0.3 is 5.32 Å². The third-order valence-corrected chi connectivity index (χ3v) is 5.25. The van der Waals surface area contributed by atoms with Crippen LogP contribution in [-0.2, 0) is 0 Å². The number of nitrogens with one attached hydrogen (secondary N) is 1. The Balaban J connectivity index is 1.83. The number of rotatable bonds is 6. The van der Waals surface area contributed by atoms with E-state index in [1.807, 2.05) is 0 Å². The maximum absolute atomic E-state index is 3.75. The molecule has 0 radical (unpaired) electrons. The second kappa shape index (κ2) is 6.16. The third-order valence-electron chi connectivity index (χ3n) is 5.25. The van der Waals surface area contributed by atoms with Gasteiger partial charge in [0.05, 0.1) is 0 Å². The quantitative estimate of drug-likeness (QED) is 0.723. The maximum atomic E-state index is 3.75. The summed E-state index contributed by atoms with van der Waals surface area (Å²) in [6, 6.07) is 0. The fourth-order valence-electron chi connectivity index (χ4n) is 4.47. The fraction of sp³-hybridized carbons (Fsp3) is 1.00. The standard InChI is InChI=1S/C18H35N/c1-13(2)8-15(12-19-18(3,4)5)11-17-10-14-6-7-16(17)9-14/h13-17,19H,6-12H2,1-5H3. The lowest BCUT2D eigenvalue weighted by Crippen LogP contribution is -2.40. The molecule has 0 spiro atoms. The molecule has 4 atom stereocenters. The smallest absolute Gasteiger partial charge is 0.00966 e. The third kappa shape index (κ3) is 4.77. The Morgan fingerprint density at radius 2 is 1.84 bits per heavy atom. The molecular formula is C18H35N. The number of fused-ring (bicyclic) bond motifs is 2. The summed E-state index contributed by atoms with van der Waals surface area (Å²) in [7, 11) is 0. The molecule has 2 aliphatic rings. The Morgan fingerprint density at radius 1 is 1.11 bits per heavy atom. The van der Waals surface area contributed by atoms with Crippen LogP contribution >= 0.6 is 0 Å². The first-order valence-corrected chi connectivity index (χ1v) is 8.58. The van der Waals surface area contributed by atoms with Gasteiger partial charge in [0, 0.05) is 5.54 Å². The molecule has 1 heteroatoms. The van der Waals surface area contributed by atoms with E-state index in [4.69, 9.17) is 0 Å². The summed E-state index contributed by atoms with van der Waals surface area (Å²) in [5.74, 6) is 4.98. The monoisotopic (exact) mass is 265 g/mol. The highest BCUT2D eigenvalue weighted by atomic mass is 14.9. The summed E-state index contributed by atoms with van der Waals surface area (Å²) in [6.45, 7) is 12.8. The Bertz CT molecular complexity index is 276. The van der Waals surface area contributed by atoms with Crippen LogP contribution in [0.5, 0.6) is 0 Å². The van der Waals surface area contributed by atoms with Crippen molar-refractivity contribution in [3.05, 3.63) is 0 Å². The zero-order valence-corrected chi connectivity index (χ0v) is 13.8. The van der Waals surface area contributed by atoms with E-state index in [0.29, 0.717) is 0 Å². The van der Waals surface area contributed by atoms with Gasteiger partial charge in [-0.15, -0.1) is 0 Å². The molecule has 0 aliphatic heterocycles. The minimum atomic E-state index is 0.268. The Labute approximate surface area is 120 Å². The average Bonchev–Trinajstić information content (AvgIpc) is 2.86. The molecule has 19 heavy (non-hydrogen) atoms. The molecular weight excluding hydrogens is 230 g/mol. The highest BCUT2D eigenvalue weighted by molar-refractivity contribution is 4.91. The highest BCUT2D eigenvalue weighted by Crippen LogP contribution is 2.50. The van der Waals surface area contributed by atoms with Crippen LogP contribution in [0.2, 0.25) is 0 Å². The van der Waals surface area contributed by atoms with Crippen molar-refractivity contribution >= 4 is 0 Å². The lowest BCUT2D eigenvalue weighted by atomic mass is 9.79. The molecule has 1 N–H and O–H groups in total. The van der Waals surface area contributed by atoms with Gasteiger partial charge in [-0.1, -0.05) is 20.3 Å². The van der Waals surface area contributed by atoms with Crippen LogP contribution in [0.1, 0.15) is 73.1 Å². The molecule has 2 rings (SSSR count). The van der Waals surface area contributed by atoms with Gasteiger partial charge in [-0.2, -0.15) is 0 Å². The van der Waals surface area contributed by atoms with Crippen LogP contribution in [0.25, 0.3) is 0 Å². The van der Waals surface area contributed by atoms with Crippen molar-refractivity contribution in [2.24, 2.45) is 29.6 Å². The maximum Gasteiger partial charge on any atom is 0.00966 e. The first kappa shape index (κ1) is 15.4. The van der Waals surface area contributed by atoms with E-state index in [1.165, 1.54) is 32.2 Å². The molecule has 2 bridgehead atoms. The molecule has 0 amide bonds. The van der Waals surface area contributed by atoms with Crippen molar-refractivity contribution in [3.8, 4) is 0 Å². The average molecular weight is 265 g/mol. The summed E-state index contributed by atoms with van der Waals surface area (Å²) < 4.78 is 0. The van der Waals surface area contributed by atoms with Crippen molar-refractivity contribution in [2.45, 2.75) is 78.7 Å². The highest BCUT2D eigenvalue weighted by Gasteiger charge is 2.40. The SMILES string of the molecule is CC(C)CC(CNC(C)(C)C)CC1CC2CCC1C2. The van der Waals surface area contributed by atoms with E-state index in [0.717, 1.165) is 29.6 Å². The van der Waals surface area contributed by atoms with Crippen LogP contribution < -0.4 is 5.32 Å². The van der Waals surface area contributed by atoms with Gasteiger partial charge in [-0.3, -0.25) is 0 Å². The predicted octanol–water partition coefficient (Wildman–Crippen LogP) is 4.86. The zero-order chi connectivity index (χ0) is 14.0. The van der Waals surface area contributed by atoms with Gasteiger partial charge in [-0.25, -0.2) is 0 Å². The normalized spacial score (nSPS) is 32.2. The lowest BCUT2D eigenvalue weighted by molar-refractivity contribution is 0.231. The Kier molecular flexibility index (Phi) is 4.98. The lowest BCUT2D eigenvalue weighted by Gasteiger charge is -2.30. The molecule has 2 aliphatic carbocycles. The van der Waals surface area contributed by atoms with Gasteiger partial charge in [-0.05, 0) is 89.0 Å². The van der Waals surface area contributed by atoms with Crippen molar-refractivity contribution < 1.29 is 0 Å². The van der Waals surface area contributed by atoms with Gasteiger partial charge in [0.1, 0.15) is 0 Å². The van der Waals surface area contributed by atoms with E-state index in [1.54, 1.807) is 12.8 Å². The number of hydrogen-bond donors (Lipinski definition) is 1. The van der Waals surface area contributed by atoms with Crippen molar-refractivity contribution in [1.82, 2.24) is 5.32 Å². The zero-order valence-electron chi connectivity index (χ0n) is 13.8. The minimum Gasteiger partial charge on any atom is -0.312 e. The van der Waals surface area contributed by atoms with E-state index in [-0.39, 0.29) is 5.54 Å². The van der Waals surface area contributed by atoms with Crippen LogP contribution in [0.3, 0.4) is 0 Å². The Morgan fingerprint density at radius 3 is 2.32 bits per heavy atom. The molecule has 1 nitrogen and oxygen atoms in total. The van der Waals surface area contributed by atoms with E-state index in [9.17, 15) is 0 Å². The molecule has 2 saturated carbocycles. The predicted molar refractivity (Wildman–Crippen MR) is 84.3 cm³/mol. The summed E-state index contributed by atoms with van der Waals surface area (Å²) in [5.41, 5.74) is 0.268. The van der Waals surface area contributed by atoms with Crippen LogP contribution in [-0.4, -0.2) is 12.1 Å². The van der Waals surface area contributed by atoms with E-state index < -0.39 is 0 Å². The molecule has 0 heterocycles. The van der Waals surface area contributed by atoms with Crippen molar-refractivity contribution in [1.29, 1.82) is 0 Å². The van der Waals surface area contributed by atoms with Crippen molar-refractivity contribution in [2.75, 3.05) is 6.54 Å². The largest absolute Gasteiger partial charge is 0.312 e. The van der Waals surface area contributed by atoms with Gasteiger partial charge in [0.25, 0.3) is 0 Å². The molecule has 0 aromatic carbocycles. The molecule has 0 saturated heterocycles. The molecule has 0 aromatic heterocycles. The van der Waals surface area contributed by atoms with Crippen molar-refractivity contribution in [3.63, 3.8) is 0 Å². The summed E-state index contributed by atoms with van der Waals surface area (Å²) >= 11 is 0. The van der Waals surface area contributed by atoms with E-state index >= 15 is 0 Å². The summed E-state index contributed by atoms with van der Waals surface area (Å²) in [4.78, 5) is 0. The minimum absolute atomic E-state index is 0.268. The fourth-order valence-corrected chi connectivity index (χ4v) is 4.47. The first-order chi connectivity index (χ1) is 8.83. The first-order valence-electron chi connectivity index (χ1n) is 8.58. The number of hydrogen-bond acceptors (Lipinski definition) is 1. The molecule has 112 valence electrons. The van der Waals surface area contributed by atoms with Gasteiger partial charge in [0.2, 0.25) is 0 Å². The summed E-state index contributed by atoms with van der Waals surface area (Å²) in [6.07, 6.45) is 9.08. The topological polar surface area (TPSA) is 12.0 Å². The van der Waals surface area contributed by atoms with Crippen LogP contribution in [0.15, 0.2) is 0 Å². The van der Waals surface area contributed by atoms with Gasteiger partial charge in [0.15, 0.2) is 0 Å². The second-order valence-electron chi connectivity index (χ2n) is 8.80. The van der Waals surface area contributed by atoms with Crippen LogP contribution in [0, 0.1) is 29.6 Å². The Hall–Kier alpha value is -0.0400. The van der Waals surface area contributed by atoms with E-state index in [2.05, 4.69) is 39.9 Å².